The number of hydrogen-bond donors (Lipinski definition) is 4. The van der Waals surface area contributed by atoms with Gasteiger partial charge < -0.3 is 26.4 Å². The average Bonchev–Trinajstić information content (AvgIpc) is 3.30. The number of carboxylic acids is 1. The second-order valence-electron chi connectivity index (χ2n) is 9.43. The average molecular weight is 475 g/mol. The van der Waals surface area contributed by atoms with Crippen LogP contribution in [0.5, 0.6) is 0 Å². The number of carbonyl (C=O) groups is 4. The molecular weight excluding hydrogens is 436 g/mol. The zero-order chi connectivity index (χ0) is 25.4. The van der Waals surface area contributed by atoms with E-state index in [1.54, 1.807) is 13.8 Å². The van der Waals surface area contributed by atoms with Crippen LogP contribution in [0.2, 0.25) is 0 Å². The molecule has 0 spiro atoms. The largest absolute Gasteiger partial charge is 0.480 e. The van der Waals surface area contributed by atoms with E-state index in [9.17, 15) is 24.3 Å². The van der Waals surface area contributed by atoms with E-state index in [2.05, 4.69) is 10.6 Å². The molecule has 9 heteroatoms. The Balaban J connectivity index is 2.12. The number of benzene rings is 1. The topological polar surface area (TPSA) is 142 Å². The van der Waals surface area contributed by atoms with Crippen LogP contribution in [0.1, 0.15) is 52.5 Å². The Morgan fingerprint density at radius 3 is 2.24 bits per heavy atom. The number of carbonyl (C=O) groups excluding carboxylic acids is 3. The molecule has 0 bridgehead atoms. The SMILES string of the molecule is CCC(C)C(NC(=O)C(N)Cc1ccccc1)C(=O)NC(C(=O)N1CCCC1C(=O)O)C(C)C. The zero-order valence-corrected chi connectivity index (χ0v) is 20.5. The monoisotopic (exact) mass is 474 g/mol. The first-order chi connectivity index (χ1) is 16.1. The maximum atomic E-state index is 13.3. The molecule has 1 heterocycles. The predicted molar refractivity (Wildman–Crippen MR) is 129 cm³/mol. The Morgan fingerprint density at radius 1 is 1.06 bits per heavy atom. The van der Waals surface area contributed by atoms with Gasteiger partial charge in [-0.15, -0.1) is 0 Å². The summed E-state index contributed by atoms with van der Waals surface area (Å²) in [6, 6.07) is 5.90. The molecule has 0 aromatic heterocycles. The molecule has 188 valence electrons. The molecule has 1 saturated heterocycles. The first kappa shape index (κ1) is 27.3. The summed E-state index contributed by atoms with van der Waals surface area (Å²) < 4.78 is 0. The van der Waals surface area contributed by atoms with Gasteiger partial charge in [-0.25, -0.2) is 4.79 Å². The number of nitrogens with one attached hydrogen (secondary N) is 2. The molecule has 34 heavy (non-hydrogen) atoms. The van der Waals surface area contributed by atoms with Gasteiger partial charge in [-0.05, 0) is 36.7 Å². The molecule has 9 nitrogen and oxygen atoms in total. The maximum Gasteiger partial charge on any atom is 0.326 e. The molecule has 5 unspecified atom stereocenters. The Morgan fingerprint density at radius 2 is 1.68 bits per heavy atom. The molecule has 0 saturated carbocycles. The smallest absolute Gasteiger partial charge is 0.326 e. The normalized spacial score (nSPS) is 19.2. The quantitative estimate of drug-likeness (QED) is 0.381. The molecule has 2 rings (SSSR count). The molecule has 1 aliphatic heterocycles. The molecule has 1 aromatic rings. The van der Waals surface area contributed by atoms with Crippen LogP contribution in [0, 0.1) is 11.8 Å². The lowest BCUT2D eigenvalue weighted by atomic mass is 9.95. The minimum atomic E-state index is -1.04. The van der Waals surface area contributed by atoms with Crippen molar-refractivity contribution in [2.24, 2.45) is 17.6 Å². The van der Waals surface area contributed by atoms with Crippen LogP contribution in [0.15, 0.2) is 30.3 Å². The molecule has 1 aliphatic rings. The Hall–Kier alpha value is -2.94. The summed E-state index contributed by atoms with van der Waals surface area (Å²) in [6.07, 6.45) is 1.96. The van der Waals surface area contributed by atoms with Gasteiger partial charge in [0.15, 0.2) is 0 Å². The number of carboxylic acid groups (broad SMARTS) is 1. The van der Waals surface area contributed by atoms with E-state index in [4.69, 9.17) is 5.73 Å². The lowest BCUT2D eigenvalue weighted by Gasteiger charge is -2.32. The van der Waals surface area contributed by atoms with Gasteiger partial charge in [0.1, 0.15) is 18.1 Å². The van der Waals surface area contributed by atoms with Crippen molar-refractivity contribution in [3.63, 3.8) is 0 Å². The summed E-state index contributed by atoms with van der Waals surface area (Å²) in [5.41, 5.74) is 7.02. The first-order valence-electron chi connectivity index (χ1n) is 12.0. The van der Waals surface area contributed by atoms with Crippen molar-refractivity contribution in [3.8, 4) is 0 Å². The van der Waals surface area contributed by atoms with E-state index >= 15 is 0 Å². The number of rotatable bonds is 11. The van der Waals surface area contributed by atoms with Gasteiger partial charge in [0.2, 0.25) is 17.7 Å². The first-order valence-corrected chi connectivity index (χ1v) is 12.0. The summed E-state index contributed by atoms with van der Waals surface area (Å²) in [4.78, 5) is 52.1. The van der Waals surface area contributed by atoms with Gasteiger partial charge in [0, 0.05) is 6.54 Å². The van der Waals surface area contributed by atoms with Crippen molar-refractivity contribution in [1.29, 1.82) is 0 Å². The van der Waals surface area contributed by atoms with Crippen LogP contribution in [0.25, 0.3) is 0 Å². The lowest BCUT2D eigenvalue weighted by Crippen LogP contribution is -2.60. The van der Waals surface area contributed by atoms with Crippen molar-refractivity contribution in [1.82, 2.24) is 15.5 Å². The third kappa shape index (κ3) is 7.03. The summed E-state index contributed by atoms with van der Waals surface area (Å²) >= 11 is 0. The fourth-order valence-electron chi connectivity index (χ4n) is 4.15. The van der Waals surface area contributed by atoms with E-state index < -0.39 is 47.9 Å². The highest BCUT2D eigenvalue weighted by molar-refractivity contribution is 5.94. The number of hydrogen-bond acceptors (Lipinski definition) is 5. The number of amides is 3. The summed E-state index contributed by atoms with van der Waals surface area (Å²) in [6.45, 7) is 7.69. The third-order valence-corrected chi connectivity index (χ3v) is 6.48. The highest BCUT2D eigenvalue weighted by Gasteiger charge is 2.39. The molecule has 3 amide bonds. The van der Waals surface area contributed by atoms with Gasteiger partial charge in [-0.3, -0.25) is 14.4 Å². The van der Waals surface area contributed by atoms with Crippen molar-refractivity contribution in [2.45, 2.75) is 77.5 Å². The fourth-order valence-corrected chi connectivity index (χ4v) is 4.15. The Bertz CT molecular complexity index is 860. The van der Waals surface area contributed by atoms with Crippen LogP contribution in [0.4, 0.5) is 0 Å². The molecule has 5 N–H and O–H groups in total. The zero-order valence-electron chi connectivity index (χ0n) is 20.5. The van der Waals surface area contributed by atoms with E-state index in [0.29, 0.717) is 32.2 Å². The number of aliphatic carboxylic acids is 1. The summed E-state index contributed by atoms with van der Waals surface area (Å²) in [7, 11) is 0. The van der Waals surface area contributed by atoms with E-state index in [1.165, 1.54) is 4.90 Å². The molecule has 5 atom stereocenters. The highest BCUT2D eigenvalue weighted by Crippen LogP contribution is 2.21. The van der Waals surface area contributed by atoms with E-state index in [1.807, 2.05) is 44.2 Å². The van der Waals surface area contributed by atoms with Crippen LogP contribution in [-0.2, 0) is 25.6 Å². The molecular formula is C25H38N4O5. The number of nitrogens with two attached hydrogens (primary N) is 1. The van der Waals surface area contributed by atoms with E-state index in [0.717, 1.165) is 5.56 Å². The fraction of sp³-hybridized carbons (Fsp3) is 0.600. The Kier molecular flexibility index (Phi) is 10.0. The van der Waals surface area contributed by atoms with E-state index in [-0.39, 0.29) is 11.8 Å². The lowest BCUT2D eigenvalue weighted by molar-refractivity contribution is -0.150. The minimum absolute atomic E-state index is 0.200. The van der Waals surface area contributed by atoms with Crippen LogP contribution in [0.3, 0.4) is 0 Å². The van der Waals surface area contributed by atoms with Crippen LogP contribution >= 0.6 is 0 Å². The molecule has 0 radical (unpaired) electrons. The number of likely N-dealkylation sites (tertiary alicyclic amines) is 1. The highest BCUT2D eigenvalue weighted by atomic mass is 16.4. The second kappa shape index (κ2) is 12.5. The van der Waals surface area contributed by atoms with Crippen molar-refractivity contribution in [3.05, 3.63) is 35.9 Å². The second-order valence-corrected chi connectivity index (χ2v) is 9.43. The van der Waals surface area contributed by atoms with Crippen LogP contribution in [-0.4, -0.2) is 64.4 Å². The summed E-state index contributed by atoms with van der Waals surface area (Å²) in [5, 5.41) is 15.0. The molecule has 1 fully saturated rings. The number of nitrogens with zero attached hydrogens (tertiary/aromatic N) is 1. The standard InChI is InChI=1S/C25H38N4O5/c1-5-16(4)21(28-22(30)18(26)14-17-10-7-6-8-11-17)23(31)27-20(15(2)3)24(32)29-13-9-12-19(29)25(33)34/h6-8,10-11,15-16,18-21H,5,9,12-14,26H2,1-4H3,(H,27,31)(H,28,30)(H,33,34). The van der Waals surface area contributed by atoms with Crippen molar-refractivity contribution in [2.75, 3.05) is 6.54 Å². The maximum absolute atomic E-state index is 13.3. The Labute approximate surface area is 201 Å². The van der Waals surface area contributed by atoms with Gasteiger partial charge in [0.05, 0.1) is 6.04 Å². The van der Waals surface area contributed by atoms with Gasteiger partial charge >= 0.3 is 5.97 Å². The van der Waals surface area contributed by atoms with Gasteiger partial charge in [-0.1, -0.05) is 64.4 Å². The van der Waals surface area contributed by atoms with Crippen molar-refractivity contribution < 1.29 is 24.3 Å². The van der Waals surface area contributed by atoms with Gasteiger partial charge in [0.25, 0.3) is 0 Å². The third-order valence-electron chi connectivity index (χ3n) is 6.48. The van der Waals surface area contributed by atoms with Gasteiger partial charge in [-0.2, -0.15) is 0 Å². The summed E-state index contributed by atoms with van der Waals surface area (Å²) in [5.74, 6) is -2.84. The molecule has 0 aliphatic carbocycles. The van der Waals surface area contributed by atoms with Crippen molar-refractivity contribution >= 4 is 23.7 Å². The molecule has 1 aromatic carbocycles. The van der Waals surface area contributed by atoms with Crippen LogP contribution < -0.4 is 16.4 Å². The minimum Gasteiger partial charge on any atom is -0.480 e. The predicted octanol–water partition coefficient (Wildman–Crippen LogP) is 1.30.